The molecule has 0 atom stereocenters. The van der Waals surface area contributed by atoms with E-state index in [1.54, 1.807) is 12.1 Å². The van der Waals surface area contributed by atoms with Crippen LogP contribution in [0.5, 0.6) is 0 Å². The van der Waals surface area contributed by atoms with E-state index in [4.69, 9.17) is 5.73 Å². The molecule has 0 radical (unpaired) electrons. The fourth-order valence-corrected chi connectivity index (χ4v) is 2.05. The number of nitrogens with two attached hydrogens (primary N) is 1. The number of aromatic nitrogens is 1. The minimum Gasteiger partial charge on any atom is -0.397 e. The van der Waals surface area contributed by atoms with Gasteiger partial charge in [0.1, 0.15) is 12.2 Å². The number of anilines is 2. The average Bonchev–Trinajstić information content (AvgIpc) is 2.38. The summed E-state index contributed by atoms with van der Waals surface area (Å²) < 4.78 is 36.5. The van der Waals surface area contributed by atoms with E-state index in [0.29, 0.717) is 24.6 Å². The maximum absolute atomic E-state index is 12.2. The van der Waals surface area contributed by atoms with Gasteiger partial charge in [0.05, 0.1) is 11.9 Å². The number of pyridine rings is 1. The Hall–Kier alpha value is -1.99. The maximum Gasteiger partial charge on any atom is 0.397 e. The monoisotopic (exact) mass is 288 g/mol. The minimum absolute atomic E-state index is 0.265. The van der Waals surface area contributed by atoms with Crippen molar-refractivity contribution in [2.75, 3.05) is 36.8 Å². The van der Waals surface area contributed by atoms with Crippen LogP contribution >= 0.6 is 0 Å². The van der Waals surface area contributed by atoms with E-state index in [1.165, 1.54) is 11.1 Å². The van der Waals surface area contributed by atoms with Crippen LogP contribution in [0.1, 0.15) is 6.42 Å². The Balaban J connectivity index is 1.89. The third-order valence-electron chi connectivity index (χ3n) is 3.08. The van der Waals surface area contributed by atoms with Crippen LogP contribution in [0, 0.1) is 0 Å². The number of rotatable bonds is 2. The van der Waals surface area contributed by atoms with E-state index in [-0.39, 0.29) is 13.1 Å². The largest absolute Gasteiger partial charge is 0.397 e. The van der Waals surface area contributed by atoms with Crippen LogP contribution in [0.2, 0.25) is 0 Å². The van der Waals surface area contributed by atoms with Crippen molar-refractivity contribution in [2.24, 2.45) is 0 Å². The Morgan fingerprint density at radius 3 is 2.40 bits per heavy atom. The van der Waals surface area contributed by atoms with E-state index >= 15 is 0 Å². The number of alkyl halides is 3. The molecule has 1 aromatic rings. The van der Waals surface area contributed by atoms with Gasteiger partial charge in [0.15, 0.2) is 0 Å². The fourth-order valence-electron chi connectivity index (χ4n) is 2.05. The minimum atomic E-state index is -4.45. The van der Waals surface area contributed by atoms with Crippen LogP contribution in [0.4, 0.5) is 24.7 Å². The second-order valence-electron chi connectivity index (χ2n) is 4.61. The zero-order chi connectivity index (χ0) is 14.8. The fraction of sp³-hybridized carbons (Fsp3) is 0.500. The van der Waals surface area contributed by atoms with Gasteiger partial charge < -0.3 is 15.5 Å². The van der Waals surface area contributed by atoms with Gasteiger partial charge in [0.25, 0.3) is 0 Å². The normalized spacial score (nSPS) is 16.4. The van der Waals surface area contributed by atoms with Gasteiger partial charge in [-0.25, -0.2) is 4.98 Å². The lowest BCUT2D eigenvalue weighted by Gasteiger charge is -2.35. The first-order valence-electron chi connectivity index (χ1n) is 6.16. The van der Waals surface area contributed by atoms with Crippen molar-refractivity contribution in [3.63, 3.8) is 0 Å². The first-order chi connectivity index (χ1) is 9.35. The predicted octanol–water partition coefficient (Wildman–Crippen LogP) is 1.26. The standard InChI is InChI=1S/C12H15F3N4O/c13-12(14,15)7-11(20)19-5-3-18(4-6-19)10-2-1-9(16)8-17-10/h1-2,8H,3-7,16H2. The van der Waals surface area contributed by atoms with Crippen LogP contribution in [-0.2, 0) is 4.79 Å². The lowest BCUT2D eigenvalue weighted by atomic mass is 10.2. The summed E-state index contributed by atoms with van der Waals surface area (Å²) in [7, 11) is 0. The average molecular weight is 288 g/mol. The molecule has 0 aromatic carbocycles. The van der Waals surface area contributed by atoms with Crippen molar-refractivity contribution in [3.8, 4) is 0 Å². The van der Waals surface area contributed by atoms with E-state index < -0.39 is 18.5 Å². The molecular formula is C12H15F3N4O. The molecule has 1 aliphatic rings. The summed E-state index contributed by atoms with van der Waals surface area (Å²) in [5, 5.41) is 0. The molecule has 1 amide bonds. The topological polar surface area (TPSA) is 62.5 Å². The quantitative estimate of drug-likeness (QED) is 0.890. The zero-order valence-electron chi connectivity index (χ0n) is 10.7. The zero-order valence-corrected chi connectivity index (χ0v) is 10.7. The van der Waals surface area contributed by atoms with Crippen molar-refractivity contribution in [1.29, 1.82) is 0 Å². The highest BCUT2D eigenvalue weighted by Crippen LogP contribution is 2.22. The van der Waals surface area contributed by atoms with Crippen LogP contribution < -0.4 is 10.6 Å². The number of piperazine rings is 1. The molecule has 5 nitrogen and oxygen atoms in total. The summed E-state index contributed by atoms with van der Waals surface area (Å²) >= 11 is 0. The highest BCUT2D eigenvalue weighted by atomic mass is 19.4. The van der Waals surface area contributed by atoms with Crippen molar-refractivity contribution >= 4 is 17.4 Å². The second-order valence-corrected chi connectivity index (χ2v) is 4.61. The summed E-state index contributed by atoms with van der Waals surface area (Å²) in [6.07, 6.45) is -4.32. The SMILES string of the molecule is Nc1ccc(N2CCN(C(=O)CC(F)(F)F)CC2)nc1. The van der Waals surface area contributed by atoms with Gasteiger partial charge in [-0.3, -0.25) is 4.79 Å². The molecule has 8 heteroatoms. The number of amides is 1. The summed E-state index contributed by atoms with van der Waals surface area (Å²) in [4.78, 5) is 18.8. The Labute approximate surface area is 114 Å². The van der Waals surface area contributed by atoms with Crippen molar-refractivity contribution < 1.29 is 18.0 Å². The molecular weight excluding hydrogens is 273 g/mol. The summed E-state index contributed by atoms with van der Waals surface area (Å²) in [6, 6.07) is 3.46. The van der Waals surface area contributed by atoms with Gasteiger partial charge in [-0.1, -0.05) is 0 Å². The lowest BCUT2D eigenvalue weighted by molar-refractivity contribution is -0.161. The number of hydrogen-bond acceptors (Lipinski definition) is 4. The predicted molar refractivity (Wildman–Crippen MR) is 68.1 cm³/mol. The van der Waals surface area contributed by atoms with Crippen molar-refractivity contribution in [3.05, 3.63) is 18.3 Å². The summed E-state index contributed by atoms with van der Waals surface area (Å²) in [5.41, 5.74) is 6.09. The van der Waals surface area contributed by atoms with Crippen LogP contribution in [0.15, 0.2) is 18.3 Å². The number of carbonyl (C=O) groups is 1. The van der Waals surface area contributed by atoms with Crippen LogP contribution in [0.25, 0.3) is 0 Å². The Kier molecular flexibility index (Phi) is 4.01. The van der Waals surface area contributed by atoms with Crippen molar-refractivity contribution in [1.82, 2.24) is 9.88 Å². The summed E-state index contributed by atoms with van der Waals surface area (Å²) in [5.74, 6) is -0.162. The molecule has 2 N–H and O–H groups in total. The van der Waals surface area contributed by atoms with Gasteiger partial charge >= 0.3 is 6.18 Å². The maximum atomic E-state index is 12.2. The molecule has 2 rings (SSSR count). The second kappa shape index (κ2) is 5.56. The highest BCUT2D eigenvalue weighted by Gasteiger charge is 2.34. The van der Waals surface area contributed by atoms with Gasteiger partial charge in [-0.05, 0) is 12.1 Å². The molecule has 1 aliphatic heterocycles. The molecule has 0 spiro atoms. The lowest BCUT2D eigenvalue weighted by Crippen LogP contribution is -2.49. The third kappa shape index (κ3) is 3.75. The Bertz CT molecular complexity index is 467. The third-order valence-corrected chi connectivity index (χ3v) is 3.08. The smallest absolute Gasteiger partial charge is 0.397 e. The van der Waals surface area contributed by atoms with Gasteiger partial charge in [0, 0.05) is 26.2 Å². The molecule has 110 valence electrons. The Morgan fingerprint density at radius 2 is 1.90 bits per heavy atom. The molecule has 1 aromatic heterocycles. The van der Waals surface area contributed by atoms with E-state index in [2.05, 4.69) is 4.98 Å². The van der Waals surface area contributed by atoms with Crippen LogP contribution in [0.3, 0.4) is 0 Å². The summed E-state index contributed by atoms with van der Waals surface area (Å²) in [6.45, 7) is 1.45. The molecule has 20 heavy (non-hydrogen) atoms. The first-order valence-corrected chi connectivity index (χ1v) is 6.16. The highest BCUT2D eigenvalue weighted by molar-refractivity contribution is 5.77. The molecule has 1 fully saturated rings. The molecule has 0 saturated carbocycles. The first kappa shape index (κ1) is 14.4. The number of hydrogen-bond donors (Lipinski definition) is 1. The van der Waals surface area contributed by atoms with Gasteiger partial charge in [-0.15, -0.1) is 0 Å². The van der Waals surface area contributed by atoms with Crippen LogP contribution in [-0.4, -0.2) is 48.1 Å². The number of nitrogens with zero attached hydrogens (tertiary/aromatic N) is 3. The van der Waals surface area contributed by atoms with E-state index in [9.17, 15) is 18.0 Å². The number of nitrogen functional groups attached to an aromatic ring is 1. The van der Waals surface area contributed by atoms with E-state index in [1.807, 2.05) is 4.90 Å². The number of carbonyl (C=O) groups excluding carboxylic acids is 1. The molecule has 0 unspecified atom stereocenters. The molecule has 0 aliphatic carbocycles. The van der Waals surface area contributed by atoms with E-state index in [0.717, 1.165) is 0 Å². The van der Waals surface area contributed by atoms with Gasteiger partial charge in [-0.2, -0.15) is 13.2 Å². The molecule has 0 bridgehead atoms. The van der Waals surface area contributed by atoms with Gasteiger partial charge in [0.2, 0.25) is 5.91 Å². The van der Waals surface area contributed by atoms with Crippen molar-refractivity contribution in [2.45, 2.75) is 12.6 Å². The molecule has 1 saturated heterocycles. The molecule has 2 heterocycles. The number of halogens is 3. The Morgan fingerprint density at radius 1 is 1.25 bits per heavy atom.